The topological polar surface area (TPSA) is 6.48 Å². The Hall–Kier alpha value is -0.0800. The molecule has 0 aromatic heterocycles. The molecule has 0 spiro atoms. The lowest BCUT2D eigenvalue weighted by atomic mass is 10.0. The van der Waals surface area contributed by atoms with Gasteiger partial charge in [0.15, 0.2) is 0 Å². The number of rotatable bonds is 5. The second kappa shape index (κ2) is 7.38. The molecule has 17 heavy (non-hydrogen) atoms. The van der Waals surface area contributed by atoms with E-state index in [4.69, 9.17) is 0 Å². The number of hydrogen-bond acceptors (Lipinski definition) is 2. The van der Waals surface area contributed by atoms with E-state index in [1.165, 1.54) is 84.2 Å². The zero-order valence-corrected chi connectivity index (χ0v) is 11.7. The first-order valence-electron chi connectivity index (χ1n) is 7.79. The Bertz CT molecular complexity index is 193. The van der Waals surface area contributed by atoms with Gasteiger partial charge in [0, 0.05) is 6.54 Å². The molecule has 0 saturated carbocycles. The highest BCUT2D eigenvalue weighted by molar-refractivity contribution is 4.70. The molecule has 0 aromatic rings. The van der Waals surface area contributed by atoms with Crippen LogP contribution < -0.4 is 0 Å². The van der Waals surface area contributed by atoms with Crippen molar-refractivity contribution in [1.82, 2.24) is 9.80 Å². The normalized spacial score (nSPS) is 25.9. The van der Waals surface area contributed by atoms with E-state index in [0.717, 1.165) is 5.92 Å². The van der Waals surface area contributed by atoms with Crippen molar-refractivity contribution in [3.05, 3.63) is 0 Å². The molecule has 0 amide bonds. The fraction of sp³-hybridized carbons (Fsp3) is 1.00. The zero-order chi connectivity index (χ0) is 11.9. The second-order valence-electron chi connectivity index (χ2n) is 6.16. The molecule has 2 nitrogen and oxygen atoms in total. The fourth-order valence-corrected chi connectivity index (χ4v) is 3.26. The number of likely N-dealkylation sites (tertiary alicyclic amines) is 2. The van der Waals surface area contributed by atoms with Gasteiger partial charge in [0.25, 0.3) is 0 Å². The van der Waals surface area contributed by atoms with Gasteiger partial charge in [0.05, 0.1) is 0 Å². The predicted molar refractivity (Wildman–Crippen MR) is 74.4 cm³/mol. The van der Waals surface area contributed by atoms with Crippen molar-refractivity contribution in [2.75, 3.05) is 39.3 Å². The van der Waals surface area contributed by atoms with Crippen molar-refractivity contribution in [2.24, 2.45) is 5.92 Å². The molecule has 0 aliphatic carbocycles. The third-order valence-corrected chi connectivity index (χ3v) is 4.41. The molecule has 2 aliphatic rings. The van der Waals surface area contributed by atoms with Gasteiger partial charge in [0.2, 0.25) is 0 Å². The molecule has 0 bridgehead atoms. The van der Waals surface area contributed by atoms with Crippen LogP contribution in [0.25, 0.3) is 0 Å². The standard InChI is InChI=1S/C15H30N2/c1-15(14-17-11-6-3-7-12-17)8-13-16-9-4-2-5-10-16/h15H,2-14H2,1H3. The van der Waals surface area contributed by atoms with Crippen molar-refractivity contribution in [1.29, 1.82) is 0 Å². The van der Waals surface area contributed by atoms with Gasteiger partial charge in [-0.25, -0.2) is 0 Å². The summed E-state index contributed by atoms with van der Waals surface area (Å²) in [7, 11) is 0. The van der Waals surface area contributed by atoms with Crippen LogP contribution in [0.15, 0.2) is 0 Å². The Kier molecular flexibility index (Phi) is 5.79. The Labute approximate surface area is 107 Å². The predicted octanol–water partition coefficient (Wildman–Crippen LogP) is 2.98. The highest BCUT2D eigenvalue weighted by Crippen LogP contribution is 2.15. The van der Waals surface area contributed by atoms with E-state index in [2.05, 4.69) is 16.7 Å². The smallest absolute Gasteiger partial charge is 0.000749 e. The Balaban J connectivity index is 1.57. The molecule has 2 heteroatoms. The van der Waals surface area contributed by atoms with Crippen molar-refractivity contribution < 1.29 is 0 Å². The van der Waals surface area contributed by atoms with Gasteiger partial charge in [-0.05, 0) is 70.7 Å². The second-order valence-corrected chi connectivity index (χ2v) is 6.16. The Morgan fingerprint density at radius 2 is 1.29 bits per heavy atom. The van der Waals surface area contributed by atoms with Crippen LogP contribution in [0.5, 0.6) is 0 Å². The Morgan fingerprint density at radius 1 is 0.765 bits per heavy atom. The molecule has 0 aromatic carbocycles. The third kappa shape index (κ3) is 4.97. The molecular formula is C15H30N2. The van der Waals surface area contributed by atoms with E-state index in [-0.39, 0.29) is 0 Å². The summed E-state index contributed by atoms with van der Waals surface area (Å²) in [6.07, 6.45) is 10.0. The number of piperidine rings is 2. The zero-order valence-electron chi connectivity index (χ0n) is 11.7. The monoisotopic (exact) mass is 238 g/mol. The van der Waals surface area contributed by atoms with Gasteiger partial charge >= 0.3 is 0 Å². The molecule has 1 atom stereocenters. The first kappa shape index (κ1) is 13.4. The van der Waals surface area contributed by atoms with Gasteiger partial charge in [-0.1, -0.05) is 19.8 Å². The van der Waals surface area contributed by atoms with Gasteiger partial charge in [-0.3, -0.25) is 0 Å². The number of nitrogens with zero attached hydrogens (tertiary/aromatic N) is 2. The summed E-state index contributed by atoms with van der Waals surface area (Å²) in [4.78, 5) is 5.36. The highest BCUT2D eigenvalue weighted by Gasteiger charge is 2.15. The summed E-state index contributed by atoms with van der Waals surface area (Å²) in [6.45, 7) is 10.6. The average Bonchev–Trinajstić information content (AvgIpc) is 2.39. The molecule has 100 valence electrons. The minimum atomic E-state index is 0.884. The van der Waals surface area contributed by atoms with Crippen LogP contribution in [0, 0.1) is 5.92 Å². The molecule has 2 rings (SSSR count). The minimum absolute atomic E-state index is 0.884. The van der Waals surface area contributed by atoms with Crippen molar-refractivity contribution in [3.63, 3.8) is 0 Å². The van der Waals surface area contributed by atoms with Crippen LogP contribution in [-0.2, 0) is 0 Å². The first-order chi connectivity index (χ1) is 8.34. The van der Waals surface area contributed by atoms with E-state index in [9.17, 15) is 0 Å². The van der Waals surface area contributed by atoms with E-state index in [0.29, 0.717) is 0 Å². The van der Waals surface area contributed by atoms with Gasteiger partial charge in [0.1, 0.15) is 0 Å². The molecule has 0 radical (unpaired) electrons. The number of hydrogen-bond donors (Lipinski definition) is 0. The Morgan fingerprint density at radius 3 is 1.88 bits per heavy atom. The quantitative estimate of drug-likeness (QED) is 0.726. The largest absolute Gasteiger partial charge is 0.303 e. The van der Waals surface area contributed by atoms with Crippen LogP contribution in [0.3, 0.4) is 0 Å². The van der Waals surface area contributed by atoms with Crippen LogP contribution in [0.4, 0.5) is 0 Å². The van der Waals surface area contributed by atoms with E-state index in [1.807, 2.05) is 0 Å². The van der Waals surface area contributed by atoms with Crippen LogP contribution in [0.1, 0.15) is 51.9 Å². The summed E-state index contributed by atoms with van der Waals surface area (Å²) in [6, 6.07) is 0. The maximum atomic E-state index is 2.68. The van der Waals surface area contributed by atoms with E-state index in [1.54, 1.807) is 0 Å². The summed E-state index contributed by atoms with van der Waals surface area (Å²) in [5.41, 5.74) is 0. The van der Waals surface area contributed by atoms with Gasteiger partial charge < -0.3 is 9.80 Å². The van der Waals surface area contributed by atoms with Crippen LogP contribution in [-0.4, -0.2) is 49.1 Å². The molecular weight excluding hydrogens is 208 g/mol. The van der Waals surface area contributed by atoms with Gasteiger partial charge in [-0.2, -0.15) is 0 Å². The average molecular weight is 238 g/mol. The van der Waals surface area contributed by atoms with Crippen LogP contribution in [0.2, 0.25) is 0 Å². The van der Waals surface area contributed by atoms with Crippen molar-refractivity contribution >= 4 is 0 Å². The maximum Gasteiger partial charge on any atom is 0.000749 e. The van der Waals surface area contributed by atoms with E-state index < -0.39 is 0 Å². The lowest BCUT2D eigenvalue weighted by molar-refractivity contribution is 0.174. The highest BCUT2D eigenvalue weighted by atomic mass is 15.1. The molecule has 2 saturated heterocycles. The first-order valence-corrected chi connectivity index (χ1v) is 7.79. The van der Waals surface area contributed by atoms with E-state index >= 15 is 0 Å². The lowest BCUT2D eigenvalue weighted by Crippen LogP contribution is -2.36. The fourth-order valence-electron chi connectivity index (χ4n) is 3.26. The van der Waals surface area contributed by atoms with Crippen molar-refractivity contribution in [3.8, 4) is 0 Å². The summed E-state index contributed by atoms with van der Waals surface area (Å²) < 4.78 is 0. The SMILES string of the molecule is CC(CCN1CCCCC1)CN1CCCCC1. The molecule has 2 aliphatic heterocycles. The summed E-state index contributed by atoms with van der Waals surface area (Å²) in [5, 5.41) is 0. The van der Waals surface area contributed by atoms with Crippen molar-refractivity contribution in [2.45, 2.75) is 51.9 Å². The molecule has 1 unspecified atom stereocenters. The van der Waals surface area contributed by atoms with Crippen LogP contribution >= 0.6 is 0 Å². The van der Waals surface area contributed by atoms with Gasteiger partial charge in [-0.15, -0.1) is 0 Å². The molecule has 2 heterocycles. The maximum absolute atomic E-state index is 2.68. The third-order valence-electron chi connectivity index (χ3n) is 4.41. The summed E-state index contributed by atoms with van der Waals surface area (Å²) in [5.74, 6) is 0.884. The summed E-state index contributed by atoms with van der Waals surface area (Å²) >= 11 is 0. The lowest BCUT2D eigenvalue weighted by Gasteiger charge is -2.31. The molecule has 2 fully saturated rings. The minimum Gasteiger partial charge on any atom is -0.303 e. The molecule has 0 N–H and O–H groups in total.